The van der Waals surface area contributed by atoms with E-state index in [1.807, 2.05) is 0 Å². The summed E-state index contributed by atoms with van der Waals surface area (Å²) >= 11 is 0. The van der Waals surface area contributed by atoms with Gasteiger partial charge in [0, 0.05) is 0 Å². The Bertz CT molecular complexity index is 111. The van der Waals surface area contributed by atoms with Gasteiger partial charge >= 0.3 is 0 Å². The molecule has 0 aliphatic heterocycles. The molecule has 2 unspecified atom stereocenters. The molecule has 2 aliphatic carbocycles. The quantitative estimate of drug-likeness (QED) is 0.595. The molecular weight excluding hydrogens is 156 g/mol. The fourth-order valence-corrected chi connectivity index (χ4v) is 2.94. The van der Waals surface area contributed by atoms with Gasteiger partial charge in [-0.25, -0.2) is 0 Å². The van der Waals surface area contributed by atoms with Crippen molar-refractivity contribution in [3.05, 3.63) is 12.8 Å². The molecule has 74 valence electrons. The van der Waals surface area contributed by atoms with Crippen LogP contribution in [0.5, 0.6) is 0 Å². The zero-order valence-corrected chi connectivity index (χ0v) is 8.67. The Hall–Kier alpha value is 0. The predicted octanol–water partition coefficient (Wildman–Crippen LogP) is 4.17. The second-order valence-corrected chi connectivity index (χ2v) is 4.88. The number of rotatable bonds is 2. The molecule has 0 saturated heterocycles. The van der Waals surface area contributed by atoms with E-state index in [1.54, 1.807) is 0 Å². The molecule has 0 aromatic heterocycles. The summed E-state index contributed by atoms with van der Waals surface area (Å²) in [7, 11) is 0. The van der Waals surface area contributed by atoms with Crippen molar-refractivity contribution in [2.24, 2.45) is 11.8 Å². The third kappa shape index (κ3) is 3.00. The van der Waals surface area contributed by atoms with E-state index >= 15 is 0 Å². The summed E-state index contributed by atoms with van der Waals surface area (Å²) in [6.07, 6.45) is 18.1. The lowest BCUT2D eigenvalue weighted by Crippen LogP contribution is -2.15. The Morgan fingerprint density at radius 1 is 0.846 bits per heavy atom. The summed E-state index contributed by atoms with van der Waals surface area (Å²) in [5.74, 6) is 2.09. The van der Waals surface area contributed by atoms with Crippen molar-refractivity contribution in [3.8, 4) is 0 Å². The molecule has 0 aromatic carbocycles. The Morgan fingerprint density at radius 2 is 1.38 bits per heavy atom. The Morgan fingerprint density at radius 3 is 1.77 bits per heavy atom. The molecular formula is C13H22. The fourth-order valence-electron chi connectivity index (χ4n) is 2.94. The highest BCUT2D eigenvalue weighted by Crippen LogP contribution is 2.34. The van der Waals surface area contributed by atoms with Gasteiger partial charge in [-0.2, -0.15) is 0 Å². The molecule has 0 nitrogen and oxygen atoms in total. The second-order valence-electron chi connectivity index (χ2n) is 4.88. The minimum atomic E-state index is 1.05. The van der Waals surface area contributed by atoms with Gasteiger partial charge in [0.15, 0.2) is 0 Å². The molecule has 0 spiro atoms. The van der Waals surface area contributed by atoms with E-state index in [1.165, 1.54) is 57.8 Å². The van der Waals surface area contributed by atoms with Gasteiger partial charge in [0.2, 0.25) is 0 Å². The first-order chi connectivity index (χ1) is 6.45. The topological polar surface area (TPSA) is 0 Å². The van der Waals surface area contributed by atoms with E-state index in [0.717, 1.165) is 11.8 Å². The zero-order valence-electron chi connectivity index (χ0n) is 8.67. The van der Waals surface area contributed by atoms with Crippen LogP contribution in [-0.4, -0.2) is 0 Å². The van der Waals surface area contributed by atoms with Gasteiger partial charge in [-0.1, -0.05) is 38.5 Å². The van der Waals surface area contributed by atoms with Gasteiger partial charge in [-0.05, 0) is 43.9 Å². The number of hydrogen-bond acceptors (Lipinski definition) is 0. The molecule has 2 rings (SSSR count). The van der Waals surface area contributed by atoms with Gasteiger partial charge in [-0.3, -0.25) is 0 Å². The SMILES string of the molecule is [CH]1CCCC(CC2C[CH]CCC2)C1. The highest BCUT2D eigenvalue weighted by Gasteiger charge is 2.20. The van der Waals surface area contributed by atoms with Gasteiger partial charge in [0.1, 0.15) is 0 Å². The second kappa shape index (κ2) is 5.02. The standard InChI is InChI=1S/C13H22/c1-3-7-12(8-4-1)11-13-9-5-2-6-10-13/h3,5,12-13H,1-2,4,6-11H2. The van der Waals surface area contributed by atoms with Crippen LogP contribution in [-0.2, 0) is 0 Å². The van der Waals surface area contributed by atoms with E-state index in [0.29, 0.717) is 0 Å². The largest absolute Gasteiger partial charge is 0.0528 e. The van der Waals surface area contributed by atoms with Gasteiger partial charge < -0.3 is 0 Å². The molecule has 0 bridgehead atoms. The van der Waals surface area contributed by atoms with Crippen LogP contribution in [0, 0.1) is 24.7 Å². The van der Waals surface area contributed by atoms with Crippen LogP contribution in [0.4, 0.5) is 0 Å². The summed E-state index contributed by atoms with van der Waals surface area (Å²) in [4.78, 5) is 0. The van der Waals surface area contributed by atoms with Crippen molar-refractivity contribution in [1.82, 2.24) is 0 Å². The van der Waals surface area contributed by atoms with Gasteiger partial charge in [0.05, 0.1) is 0 Å². The molecule has 2 aliphatic rings. The van der Waals surface area contributed by atoms with Crippen molar-refractivity contribution in [2.45, 2.75) is 57.8 Å². The maximum Gasteiger partial charge on any atom is -0.0383 e. The van der Waals surface area contributed by atoms with Crippen LogP contribution in [0.1, 0.15) is 57.8 Å². The maximum absolute atomic E-state index is 2.51. The van der Waals surface area contributed by atoms with Gasteiger partial charge in [-0.15, -0.1) is 0 Å². The highest BCUT2D eigenvalue weighted by molar-refractivity contribution is 4.83. The smallest absolute Gasteiger partial charge is 0.0383 e. The molecule has 0 heterocycles. The third-order valence-electron chi connectivity index (χ3n) is 3.71. The molecule has 13 heavy (non-hydrogen) atoms. The van der Waals surface area contributed by atoms with Crippen LogP contribution in [0.3, 0.4) is 0 Å². The average molecular weight is 178 g/mol. The zero-order chi connectivity index (χ0) is 8.93. The van der Waals surface area contributed by atoms with E-state index in [4.69, 9.17) is 0 Å². The summed E-state index contributed by atoms with van der Waals surface area (Å²) in [6, 6.07) is 0. The van der Waals surface area contributed by atoms with Crippen molar-refractivity contribution in [3.63, 3.8) is 0 Å². The van der Waals surface area contributed by atoms with Crippen LogP contribution < -0.4 is 0 Å². The fraction of sp³-hybridized carbons (Fsp3) is 0.846. The monoisotopic (exact) mass is 178 g/mol. The molecule has 0 heteroatoms. The molecule has 0 aromatic rings. The lowest BCUT2D eigenvalue weighted by Gasteiger charge is -2.28. The Kier molecular flexibility index (Phi) is 3.69. The van der Waals surface area contributed by atoms with Crippen LogP contribution in [0.25, 0.3) is 0 Å². The molecule has 2 saturated carbocycles. The van der Waals surface area contributed by atoms with Crippen molar-refractivity contribution < 1.29 is 0 Å². The molecule has 0 N–H and O–H groups in total. The van der Waals surface area contributed by atoms with Crippen molar-refractivity contribution in [1.29, 1.82) is 0 Å². The lowest BCUT2D eigenvalue weighted by atomic mass is 9.78. The van der Waals surface area contributed by atoms with Crippen LogP contribution in [0.15, 0.2) is 0 Å². The van der Waals surface area contributed by atoms with Crippen LogP contribution >= 0.6 is 0 Å². The van der Waals surface area contributed by atoms with E-state index in [-0.39, 0.29) is 0 Å². The maximum atomic E-state index is 2.51. The minimum absolute atomic E-state index is 1.05. The normalized spacial score (nSPS) is 27.7. The highest BCUT2D eigenvalue weighted by atomic mass is 14.3. The van der Waals surface area contributed by atoms with Crippen molar-refractivity contribution in [2.75, 3.05) is 0 Å². The first kappa shape index (κ1) is 9.55. The van der Waals surface area contributed by atoms with E-state index < -0.39 is 0 Å². The summed E-state index contributed by atoms with van der Waals surface area (Å²) in [5.41, 5.74) is 0. The van der Waals surface area contributed by atoms with E-state index in [2.05, 4.69) is 12.8 Å². The summed E-state index contributed by atoms with van der Waals surface area (Å²) in [5, 5.41) is 0. The third-order valence-corrected chi connectivity index (χ3v) is 3.71. The average Bonchev–Trinajstić information content (AvgIpc) is 2.21. The first-order valence-corrected chi connectivity index (χ1v) is 6.08. The van der Waals surface area contributed by atoms with Crippen LogP contribution in [0.2, 0.25) is 0 Å². The van der Waals surface area contributed by atoms with Crippen molar-refractivity contribution >= 4 is 0 Å². The first-order valence-electron chi connectivity index (χ1n) is 6.08. The summed E-state index contributed by atoms with van der Waals surface area (Å²) in [6.45, 7) is 0. The number of hydrogen-bond donors (Lipinski definition) is 0. The minimum Gasteiger partial charge on any atom is -0.0528 e. The lowest BCUT2D eigenvalue weighted by molar-refractivity contribution is 0.285. The Balaban J connectivity index is 1.69. The van der Waals surface area contributed by atoms with Gasteiger partial charge in [0.25, 0.3) is 0 Å². The molecule has 2 fully saturated rings. The van der Waals surface area contributed by atoms with E-state index in [9.17, 15) is 0 Å². The molecule has 2 radical (unpaired) electrons. The summed E-state index contributed by atoms with van der Waals surface area (Å²) < 4.78 is 0. The molecule has 2 atom stereocenters. The molecule has 0 amide bonds. The Labute approximate surface area is 83.1 Å². The predicted molar refractivity (Wildman–Crippen MR) is 57.1 cm³/mol.